The number of nitrogens with zero attached hydrogens (tertiary/aromatic N) is 6. The summed E-state index contributed by atoms with van der Waals surface area (Å²) in [5, 5.41) is 23.8. The number of hydrogen-bond acceptors (Lipinski definition) is 7. The molecule has 1 fully saturated rings. The molecular formula is C28H31FN6O3. The fourth-order valence-corrected chi connectivity index (χ4v) is 5.85. The van der Waals surface area contributed by atoms with Crippen molar-refractivity contribution < 1.29 is 18.8 Å². The molecule has 9 nitrogen and oxygen atoms in total. The van der Waals surface area contributed by atoms with Crippen molar-refractivity contribution in [2.75, 3.05) is 13.2 Å². The van der Waals surface area contributed by atoms with E-state index in [1.165, 1.54) is 6.07 Å². The van der Waals surface area contributed by atoms with Crippen molar-refractivity contribution in [3.63, 3.8) is 0 Å². The van der Waals surface area contributed by atoms with Crippen LogP contribution in [0.1, 0.15) is 55.2 Å². The van der Waals surface area contributed by atoms with Crippen LogP contribution in [0.3, 0.4) is 0 Å². The minimum atomic E-state index is -1.28. The zero-order chi connectivity index (χ0) is 26.8. The van der Waals surface area contributed by atoms with Gasteiger partial charge in [0, 0.05) is 32.0 Å². The van der Waals surface area contributed by atoms with Crippen molar-refractivity contribution in [3.05, 3.63) is 58.8 Å². The van der Waals surface area contributed by atoms with E-state index in [0.717, 1.165) is 40.9 Å². The largest absolute Gasteiger partial charge is 0.384 e. The van der Waals surface area contributed by atoms with Crippen LogP contribution < -0.4 is 0 Å². The quantitative estimate of drug-likeness (QED) is 0.350. The minimum Gasteiger partial charge on any atom is -0.384 e. The van der Waals surface area contributed by atoms with E-state index < -0.39 is 5.60 Å². The van der Waals surface area contributed by atoms with E-state index in [9.17, 15) is 9.50 Å². The Labute approximate surface area is 219 Å². The van der Waals surface area contributed by atoms with Crippen LogP contribution in [-0.4, -0.2) is 48.0 Å². The maximum atomic E-state index is 15.0. The summed E-state index contributed by atoms with van der Waals surface area (Å²) in [7, 11) is 1.85. The number of halogens is 1. The third-order valence-electron chi connectivity index (χ3n) is 7.72. The van der Waals surface area contributed by atoms with Crippen LogP contribution >= 0.6 is 0 Å². The van der Waals surface area contributed by atoms with Crippen molar-refractivity contribution in [2.45, 2.75) is 52.2 Å². The first-order chi connectivity index (χ1) is 18.2. The Hall–Kier alpha value is -3.63. The molecule has 0 saturated carbocycles. The number of hydrogen-bond donors (Lipinski definition) is 1. The summed E-state index contributed by atoms with van der Waals surface area (Å²) in [4.78, 5) is 4.82. The molecule has 0 aliphatic carbocycles. The molecule has 0 amide bonds. The molecule has 5 aromatic rings. The van der Waals surface area contributed by atoms with Gasteiger partial charge in [-0.3, -0.25) is 0 Å². The lowest BCUT2D eigenvalue weighted by atomic mass is 9.84. The van der Waals surface area contributed by atoms with E-state index in [1.807, 2.05) is 27.0 Å². The fourth-order valence-electron chi connectivity index (χ4n) is 5.85. The molecule has 1 saturated heterocycles. The van der Waals surface area contributed by atoms with E-state index in [-0.39, 0.29) is 17.8 Å². The molecule has 1 aromatic carbocycles. The van der Waals surface area contributed by atoms with Gasteiger partial charge in [0.25, 0.3) is 0 Å². The first-order valence-corrected chi connectivity index (χ1v) is 12.9. The summed E-state index contributed by atoms with van der Waals surface area (Å²) < 4.78 is 30.4. The van der Waals surface area contributed by atoms with Crippen LogP contribution in [0.5, 0.6) is 0 Å². The van der Waals surface area contributed by atoms with Gasteiger partial charge in [0.05, 0.1) is 22.9 Å². The summed E-state index contributed by atoms with van der Waals surface area (Å²) in [5.74, 6) is -0.105. The Bertz CT molecular complexity index is 1640. The summed E-state index contributed by atoms with van der Waals surface area (Å²) in [6, 6.07) is 7.02. The molecule has 5 heterocycles. The number of aromatic nitrogens is 6. The molecule has 0 spiro atoms. The SMILES string of the molecule is Cc1nnn(C)c1-c1cnc2c3onc(C(C)(C)O)c3n(C(c3cccc(F)c3C)C3CCOCC3)c2c1. The Kier molecular flexibility index (Phi) is 5.84. The lowest BCUT2D eigenvalue weighted by molar-refractivity contribution is 0.0546. The Balaban J connectivity index is 1.73. The number of fused-ring (bicyclic) bond motifs is 3. The van der Waals surface area contributed by atoms with Gasteiger partial charge in [-0.2, -0.15) is 0 Å². The normalized spacial score (nSPS) is 16.1. The summed E-state index contributed by atoms with van der Waals surface area (Å²) >= 11 is 0. The molecule has 38 heavy (non-hydrogen) atoms. The number of ether oxygens (including phenoxy) is 1. The van der Waals surface area contributed by atoms with Crippen LogP contribution in [0.2, 0.25) is 0 Å². The van der Waals surface area contributed by atoms with Gasteiger partial charge < -0.3 is 18.9 Å². The Morgan fingerprint density at radius 2 is 1.95 bits per heavy atom. The predicted octanol–water partition coefficient (Wildman–Crippen LogP) is 4.97. The Morgan fingerprint density at radius 3 is 2.63 bits per heavy atom. The molecule has 6 rings (SSSR count). The highest BCUT2D eigenvalue weighted by Gasteiger charge is 2.36. The van der Waals surface area contributed by atoms with Crippen LogP contribution in [0.25, 0.3) is 33.4 Å². The van der Waals surface area contributed by atoms with Gasteiger partial charge in [0.2, 0.25) is 5.58 Å². The number of rotatable bonds is 5. The predicted molar refractivity (Wildman–Crippen MR) is 140 cm³/mol. The molecule has 198 valence electrons. The summed E-state index contributed by atoms with van der Waals surface area (Å²) in [6.45, 7) is 8.36. The van der Waals surface area contributed by atoms with E-state index in [4.69, 9.17) is 14.2 Å². The molecular weight excluding hydrogens is 487 g/mol. The highest BCUT2D eigenvalue weighted by Crippen LogP contribution is 2.44. The van der Waals surface area contributed by atoms with E-state index >= 15 is 0 Å². The van der Waals surface area contributed by atoms with E-state index in [0.29, 0.717) is 41.1 Å². The third-order valence-corrected chi connectivity index (χ3v) is 7.72. The van der Waals surface area contributed by atoms with Crippen LogP contribution in [0.4, 0.5) is 4.39 Å². The standard InChI is InChI=1S/C28H31FN6O3/c1-15-19(7-6-8-20(15)29)24(17-9-11-37-12-10-17)35-21-13-18(23-16(2)31-33-34(23)5)14-30-22(21)26-25(35)27(32-38-26)28(3,4)36/h6-8,13-14,17,24,36H,9-12H2,1-5H3. The van der Waals surface area contributed by atoms with Gasteiger partial charge in [0.15, 0.2) is 0 Å². The van der Waals surface area contributed by atoms with Crippen molar-refractivity contribution in [3.8, 4) is 11.3 Å². The van der Waals surface area contributed by atoms with Crippen LogP contribution in [0, 0.1) is 25.6 Å². The molecule has 0 radical (unpaired) electrons. The van der Waals surface area contributed by atoms with Gasteiger partial charge in [-0.1, -0.05) is 22.5 Å². The average molecular weight is 519 g/mol. The molecule has 1 N–H and O–H groups in total. The second-order valence-electron chi connectivity index (χ2n) is 10.7. The second kappa shape index (κ2) is 8.99. The van der Waals surface area contributed by atoms with Gasteiger partial charge in [0.1, 0.15) is 28.1 Å². The van der Waals surface area contributed by atoms with E-state index in [1.54, 1.807) is 30.8 Å². The molecule has 0 bridgehead atoms. The van der Waals surface area contributed by atoms with Crippen molar-refractivity contribution in [1.29, 1.82) is 0 Å². The van der Waals surface area contributed by atoms with Gasteiger partial charge >= 0.3 is 0 Å². The van der Waals surface area contributed by atoms with Gasteiger partial charge in [-0.25, -0.2) is 14.1 Å². The molecule has 1 unspecified atom stereocenters. The van der Waals surface area contributed by atoms with Crippen molar-refractivity contribution in [2.24, 2.45) is 13.0 Å². The number of benzene rings is 1. The molecule has 1 aliphatic heterocycles. The first kappa shape index (κ1) is 24.7. The van der Waals surface area contributed by atoms with Crippen molar-refractivity contribution >= 4 is 22.1 Å². The lowest BCUT2D eigenvalue weighted by Gasteiger charge is -2.34. The highest BCUT2D eigenvalue weighted by atomic mass is 19.1. The fraction of sp³-hybridized carbons (Fsp3) is 0.429. The monoisotopic (exact) mass is 518 g/mol. The molecule has 1 atom stereocenters. The lowest BCUT2D eigenvalue weighted by Crippen LogP contribution is -2.28. The smallest absolute Gasteiger partial charge is 0.211 e. The summed E-state index contributed by atoms with van der Waals surface area (Å²) in [5.41, 5.74) is 5.70. The minimum absolute atomic E-state index is 0.149. The number of pyridine rings is 1. The van der Waals surface area contributed by atoms with Gasteiger partial charge in [-0.15, -0.1) is 5.10 Å². The molecule has 4 aromatic heterocycles. The maximum Gasteiger partial charge on any atom is 0.211 e. The van der Waals surface area contributed by atoms with E-state index in [2.05, 4.69) is 26.1 Å². The zero-order valence-corrected chi connectivity index (χ0v) is 22.2. The first-order valence-electron chi connectivity index (χ1n) is 12.9. The third kappa shape index (κ3) is 3.82. The second-order valence-corrected chi connectivity index (χ2v) is 10.7. The Morgan fingerprint density at radius 1 is 1.18 bits per heavy atom. The molecule has 10 heteroatoms. The maximum absolute atomic E-state index is 15.0. The van der Waals surface area contributed by atoms with Gasteiger partial charge in [-0.05, 0) is 69.7 Å². The average Bonchev–Trinajstić information content (AvgIpc) is 3.55. The van der Waals surface area contributed by atoms with Crippen molar-refractivity contribution in [1.82, 2.24) is 29.7 Å². The number of aryl methyl sites for hydroxylation is 2. The zero-order valence-electron chi connectivity index (χ0n) is 22.2. The highest BCUT2D eigenvalue weighted by molar-refractivity contribution is 6.04. The van der Waals surface area contributed by atoms with Crippen LogP contribution in [0.15, 0.2) is 35.0 Å². The molecule has 1 aliphatic rings. The summed E-state index contributed by atoms with van der Waals surface area (Å²) in [6.07, 6.45) is 3.40. The topological polar surface area (TPSA) is 104 Å². The number of aliphatic hydroxyl groups is 1. The van der Waals surface area contributed by atoms with Crippen LogP contribution in [-0.2, 0) is 17.4 Å².